The Labute approximate surface area is 110 Å². The Morgan fingerprint density at radius 1 is 1.22 bits per heavy atom. The van der Waals surface area contributed by atoms with Crippen LogP contribution in [-0.2, 0) is 6.54 Å². The van der Waals surface area contributed by atoms with E-state index < -0.39 is 0 Å². The number of aryl methyl sites for hydroxylation is 1. The molecule has 2 nitrogen and oxygen atoms in total. The molecular weight excluding hydrogens is 222 g/mol. The van der Waals surface area contributed by atoms with E-state index in [0.717, 1.165) is 30.2 Å². The summed E-state index contributed by atoms with van der Waals surface area (Å²) in [4.78, 5) is 0. The highest BCUT2D eigenvalue weighted by atomic mass is 16.5. The van der Waals surface area contributed by atoms with Gasteiger partial charge in [0.05, 0.1) is 7.11 Å². The number of nitrogens with one attached hydrogen (secondary N) is 1. The van der Waals surface area contributed by atoms with E-state index in [9.17, 15) is 0 Å². The molecule has 18 heavy (non-hydrogen) atoms. The fourth-order valence-corrected chi connectivity index (χ4v) is 2.90. The van der Waals surface area contributed by atoms with Gasteiger partial charge in [-0.1, -0.05) is 17.7 Å². The maximum absolute atomic E-state index is 5.44. The molecule has 3 rings (SSSR count). The average molecular weight is 245 g/mol. The van der Waals surface area contributed by atoms with Crippen molar-refractivity contribution in [3.05, 3.63) is 29.3 Å². The Morgan fingerprint density at radius 3 is 2.44 bits per heavy atom. The maximum Gasteiger partial charge on any atom is 0.123 e. The lowest BCUT2D eigenvalue weighted by Crippen LogP contribution is -2.32. The molecule has 2 aliphatic rings. The molecule has 0 amide bonds. The second kappa shape index (κ2) is 4.93. The lowest BCUT2D eigenvalue weighted by molar-refractivity contribution is 0.390. The predicted octanol–water partition coefficient (Wildman–Crippen LogP) is 3.28. The molecule has 2 aliphatic carbocycles. The number of benzene rings is 1. The van der Waals surface area contributed by atoms with Crippen molar-refractivity contribution in [3.63, 3.8) is 0 Å². The van der Waals surface area contributed by atoms with E-state index in [0.29, 0.717) is 0 Å². The topological polar surface area (TPSA) is 21.3 Å². The molecular formula is C16H23NO. The standard InChI is InChI=1S/C16H23NO/c1-11-3-8-15(18-2)14(9-11)10-17-16(12-4-5-12)13-6-7-13/h3,8-9,12-13,16-17H,4-7,10H2,1-2H3. The molecule has 2 saturated carbocycles. The van der Waals surface area contributed by atoms with Crippen LogP contribution in [0.5, 0.6) is 5.75 Å². The first-order valence-corrected chi connectivity index (χ1v) is 7.15. The smallest absolute Gasteiger partial charge is 0.123 e. The fourth-order valence-electron chi connectivity index (χ4n) is 2.90. The molecule has 1 aromatic rings. The minimum Gasteiger partial charge on any atom is -0.496 e. The van der Waals surface area contributed by atoms with Gasteiger partial charge in [0, 0.05) is 18.2 Å². The van der Waals surface area contributed by atoms with Gasteiger partial charge < -0.3 is 10.1 Å². The van der Waals surface area contributed by atoms with E-state index in [1.54, 1.807) is 7.11 Å². The zero-order chi connectivity index (χ0) is 12.5. The first kappa shape index (κ1) is 12.0. The van der Waals surface area contributed by atoms with Gasteiger partial charge in [0.15, 0.2) is 0 Å². The number of methoxy groups -OCH3 is 1. The summed E-state index contributed by atoms with van der Waals surface area (Å²) in [5.41, 5.74) is 2.60. The number of ether oxygens (including phenoxy) is 1. The van der Waals surface area contributed by atoms with Gasteiger partial charge in [-0.15, -0.1) is 0 Å². The highest BCUT2D eigenvalue weighted by Crippen LogP contribution is 2.44. The van der Waals surface area contributed by atoms with Crippen molar-refractivity contribution in [2.45, 2.75) is 45.2 Å². The SMILES string of the molecule is COc1ccc(C)cc1CNC(C1CC1)C1CC1. The van der Waals surface area contributed by atoms with E-state index in [1.165, 1.54) is 36.8 Å². The summed E-state index contributed by atoms with van der Waals surface area (Å²) in [6, 6.07) is 7.19. The Bertz CT molecular complexity index is 409. The van der Waals surface area contributed by atoms with Crippen LogP contribution in [0.1, 0.15) is 36.8 Å². The summed E-state index contributed by atoms with van der Waals surface area (Å²) in [6.07, 6.45) is 5.72. The number of hydrogen-bond donors (Lipinski definition) is 1. The summed E-state index contributed by atoms with van der Waals surface area (Å²) < 4.78 is 5.44. The summed E-state index contributed by atoms with van der Waals surface area (Å²) in [6.45, 7) is 3.09. The van der Waals surface area contributed by atoms with E-state index in [-0.39, 0.29) is 0 Å². The van der Waals surface area contributed by atoms with Crippen molar-refractivity contribution in [3.8, 4) is 5.75 Å². The Hall–Kier alpha value is -1.02. The molecule has 0 heterocycles. The first-order chi connectivity index (χ1) is 8.78. The molecule has 2 heteroatoms. The normalized spacial score (nSPS) is 19.3. The monoisotopic (exact) mass is 245 g/mol. The summed E-state index contributed by atoms with van der Waals surface area (Å²) >= 11 is 0. The van der Waals surface area contributed by atoms with Gasteiger partial charge in [-0.05, 0) is 50.5 Å². The number of hydrogen-bond acceptors (Lipinski definition) is 2. The van der Waals surface area contributed by atoms with E-state index in [2.05, 4.69) is 30.4 Å². The van der Waals surface area contributed by atoms with Crippen molar-refractivity contribution in [2.24, 2.45) is 11.8 Å². The Balaban J connectivity index is 1.65. The third-order valence-corrected chi connectivity index (χ3v) is 4.22. The van der Waals surface area contributed by atoms with Crippen LogP contribution < -0.4 is 10.1 Å². The minimum absolute atomic E-state index is 0.759. The van der Waals surface area contributed by atoms with Gasteiger partial charge in [0.1, 0.15) is 5.75 Å². The minimum atomic E-state index is 0.759. The second-order valence-electron chi connectivity index (χ2n) is 5.90. The van der Waals surface area contributed by atoms with Gasteiger partial charge in [0.2, 0.25) is 0 Å². The third-order valence-electron chi connectivity index (χ3n) is 4.22. The van der Waals surface area contributed by atoms with E-state index >= 15 is 0 Å². The van der Waals surface area contributed by atoms with Crippen molar-refractivity contribution in [2.75, 3.05) is 7.11 Å². The third kappa shape index (κ3) is 2.69. The molecule has 0 radical (unpaired) electrons. The molecule has 2 fully saturated rings. The van der Waals surface area contributed by atoms with Gasteiger partial charge in [-0.25, -0.2) is 0 Å². The van der Waals surface area contributed by atoms with Gasteiger partial charge >= 0.3 is 0 Å². The van der Waals surface area contributed by atoms with Crippen LogP contribution in [0.25, 0.3) is 0 Å². The molecule has 0 bridgehead atoms. The van der Waals surface area contributed by atoms with Crippen LogP contribution in [0, 0.1) is 18.8 Å². The van der Waals surface area contributed by atoms with Crippen LogP contribution in [0.3, 0.4) is 0 Å². The van der Waals surface area contributed by atoms with Crippen molar-refractivity contribution >= 4 is 0 Å². The average Bonchev–Trinajstić information content (AvgIpc) is 3.24. The molecule has 98 valence electrons. The van der Waals surface area contributed by atoms with E-state index in [4.69, 9.17) is 4.74 Å². The largest absolute Gasteiger partial charge is 0.496 e. The molecule has 0 spiro atoms. The van der Waals surface area contributed by atoms with Crippen LogP contribution in [0.4, 0.5) is 0 Å². The van der Waals surface area contributed by atoms with Crippen molar-refractivity contribution < 1.29 is 4.74 Å². The quantitative estimate of drug-likeness (QED) is 0.830. The Kier molecular flexibility index (Phi) is 3.29. The highest BCUT2D eigenvalue weighted by molar-refractivity contribution is 5.36. The maximum atomic E-state index is 5.44. The molecule has 0 aliphatic heterocycles. The van der Waals surface area contributed by atoms with Gasteiger partial charge in [0.25, 0.3) is 0 Å². The van der Waals surface area contributed by atoms with Gasteiger partial charge in [-0.2, -0.15) is 0 Å². The van der Waals surface area contributed by atoms with Crippen molar-refractivity contribution in [1.29, 1.82) is 0 Å². The Morgan fingerprint density at radius 2 is 1.89 bits per heavy atom. The summed E-state index contributed by atoms with van der Waals surface area (Å²) in [7, 11) is 1.76. The highest BCUT2D eigenvalue weighted by Gasteiger charge is 2.40. The summed E-state index contributed by atoms with van der Waals surface area (Å²) in [5.74, 6) is 2.92. The van der Waals surface area contributed by atoms with Crippen molar-refractivity contribution in [1.82, 2.24) is 5.32 Å². The van der Waals surface area contributed by atoms with Crippen LogP contribution >= 0.6 is 0 Å². The zero-order valence-electron chi connectivity index (χ0n) is 11.4. The molecule has 1 aromatic carbocycles. The van der Waals surface area contributed by atoms with E-state index in [1.807, 2.05) is 0 Å². The first-order valence-electron chi connectivity index (χ1n) is 7.15. The summed E-state index contributed by atoms with van der Waals surface area (Å²) in [5, 5.41) is 3.78. The fraction of sp³-hybridized carbons (Fsp3) is 0.625. The lowest BCUT2D eigenvalue weighted by Gasteiger charge is -2.19. The number of rotatable bonds is 6. The van der Waals surface area contributed by atoms with Crippen LogP contribution in [-0.4, -0.2) is 13.2 Å². The molecule has 1 N–H and O–H groups in total. The van der Waals surface area contributed by atoms with Crippen LogP contribution in [0.15, 0.2) is 18.2 Å². The molecule has 0 unspecified atom stereocenters. The molecule has 0 saturated heterocycles. The van der Waals surface area contributed by atoms with Crippen LogP contribution in [0.2, 0.25) is 0 Å². The lowest BCUT2D eigenvalue weighted by atomic mass is 10.1. The predicted molar refractivity (Wildman–Crippen MR) is 73.8 cm³/mol. The molecule has 0 aromatic heterocycles. The second-order valence-corrected chi connectivity index (χ2v) is 5.90. The zero-order valence-corrected chi connectivity index (χ0v) is 11.4. The molecule has 0 atom stereocenters. The van der Waals surface area contributed by atoms with Gasteiger partial charge in [-0.3, -0.25) is 0 Å².